The van der Waals surface area contributed by atoms with Gasteiger partial charge in [0.05, 0.1) is 68.9 Å². The minimum absolute atomic E-state index is 0.0514. The lowest BCUT2D eigenvalue weighted by atomic mass is 9.95. The Labute approximate surface area is 261 Å². The van der Waals surface area contributed by atoms with Crippen LogP contribution in [0.3, 0.4) is 0 Å². The topological polar surface area (TPSA) is 87.9 Å². The van der Waals surface area contributed by atoms with Crippen molar-refractivity contribution in [1.82, 2.24) is 10.2 Å². The minimum Gasteiger partial charge on any atom is -0.493 e. The fourth-order valence-corrected chi connectivity index (χ4v) is 5.86. The van der Waals surface area contributed by atoms with Crippen molar-refractivity contribution in [2.75, 3.05) is 57.5 Å². The number of nitrogens with two attached hydrogens (primary N) is 1. The number of benzene rings is 3. The van der Waals surface area contributed by atoms with E-state index in [4.69, 9.17) is 10.5 Å². The monoisotopic (exact) mass is 622 g/mol. The van der Waals surface area contributed by atoms with E-state index in [1.165, 1.54) is 17.0 Å². The van der Waals surface area contributed by atoms with Crippen LogP contribution in [-0.4, -0.2) is 68.2 Å². The van der Waals surface area contributed by atoms with E-state index in [-0.39, 0.29) is 18.1 Å². The number of unbranched alkanes of at least 4 members (excludes halogenated alkanes) is 1. The summed E-state index contributed by atoms with van der Waals surface area (Å²) in [6, 6.07) is 19.8. The van der Waals surface area contributed by atoms with Crippen LogP contribution < -0.4 is 20.7 Å². The number of nitrogen functional groups attached to an aromatic ring is 1. The summed E-state index contributed by atoms with van der Waals surface area (Å²) in [5, 5.41) is 2.85. The number of carbonyl (C=O) groups is 2. The standard InChI is InChI=1S/C34H38F3N5O3/c1-42(2,20-9-21-45-28-12-4-3-5-13-28)19-7-6-18-40-23-29-30(32(40)43)31(24-14-16-26(38)17-15-24)39-33(44)41(29)27-11-8-10-25(22-27)34(35,36)37/h3-5,8,10-17,22,31H,6-7,9,18-21,23,38H2,1-2H3/p+1/t31-/m1/s1. The van der Waals surface area contributed by atoms with Crippen LogP contribution in [0.5, 0.6) is 5.75 Å². The Morgan fingerprint density at radius 1 is 0.933 bits per heavy atom. The summed E-state index contributed by atoms with van der Waals surface area (Å²) < 4.78 is 47.3. The predicted octanol–water partition coefficient (Wildman–Crippen LogP) is 5.98. The van der Waals surface area contributed by atoms with Gasteiger partial charge in [0.2, 0.25) is 0 Å². The molecule has 0 saturated carbocycles. The molecular weight excluding hydrogens is 583 g/mol. The molecule has 11 heteroatoms. The number of nitrogens with one attached hydrogen (secondary N) is 1. The van der Waals surface area contributed by atoms with E-state index in [1.807, 2.05) is 30.3 Å². The predicted molar refractivity (Wildman–Crippen MR) is 167 cm³/mol. The van der Waals surface area contributed by atoms with Gasteiger partial charge in [0.1, 0.15) is 5.75 Å². The van der Waals surface area contributed by atoms with Crippen LogP contribution in [-0.2, 0) is 11.0 Å². The summed E-state index contributed by atoms with van der Waals surface area (Å²) in [6.07, 6.45) is -2.06. The highest BCUT2D eigenvalue weighted by Crippen LogP contribution is 2.40. The van der Waals surface area contributed by atoms with Gasteiger partial charge in [-0.15, -0.1) is 0 Å². The van der Waals surface area contributed by atoms with Gasteiger partial charge in [0.25, 0.3) is 5.91 Å². The van der Waals surface area contributed by atoms with Crippen molar-refractivity contribution >= 4 is 23.3 Å². The Balaban J connectivity index is 1.26. The average molecular weight is 623 g/mol. The molecular formula is C34H39F3N5O3+. The molecule has 2 aliphatic heterocycles. The normalized spacial score (nSPS) is 17.0. The molecule has 2 heterocycles. The Bertz CT molecular complexity index is 1540. The zero-order valence-electron chi connectivity index (χ0n) is 25.5. The van der Waals surface area contributed by atoms with Crippen LogP contribution in [0.2, 0.25) is 0 Å². The average Bonchev–Trinajstić information content (AvgIpc) is 3.33. The van der Waals surface area contributed by atoms with Gasteiger partial charge < -0.3 is 25.2 Å². The maximum atomic E-state index is 13.9. The third-order valence-corrected chi connectivity index (χ3v) is 8.26. The number of ether oxygens (including phenoxy) is 1. The molecule has 0 aliphatic carbocycles. The first-order valence-electron chi connectivity index (χ1n) is 15.1. The fraction of sp³-hybridized carbons (Fsp3) is 0.353. The second-order valence-corrected chi connectivity index (χ2v) is 12.1. The van der Waals surface area contributed by atoms with Gasteiger partial charge in [0, 0.05) is 18.7 Å². The van der Waals surface area contributed by atoms with Gasteiger partial charge in [-0.2, -0.15) is 13.2 Å². The Morgan fingerprint density at radius 3 is 2.36 bits per heavy atom. The van der Waals surface area contributed by atoms with E-state index in [2.05, 4.69) is 19.4 Å². The number of amides is 3. The zero-order valence-corrected chi connectivity index (χ0v) is 25.5. The maximum Gasteiger partial charge on any atom is 0.416 e. The lowest BCUT2D eigenvalue weighted by molar-refractivity contribution is -0.890. The molecule has 2 aliphatic rings. The van der Waals surface area contributed by atoms with Crippen LogP contribution in [0.15, 0.2) is 90.1 Å². The van der Waals surface area contributed by atoms with Crippen LogP contribution in [0, 0.1) is 0 Å². The van der Waals surface area contributed by atoms with Crippen molar-refractivity contribution in [3.05, 3.63) is 101 Å². The number of quaternary nitrogens is 1. The summed E-state index contributed by atoms with van der Waals surface area (Å²) in [6.45, 7) is 3.06. The first kappa shape index (κ1) is 31.9. The number of hydrogen-bond acceptors (Lipinski definition) is 4. The molecule has 1 atom stereocenters. The fourth-order valence-electron chi connectivity index (χ4n) is 5.86. The Kier molecular flexibility index (Phi) is 9.38. The number of carbonyl (C=O) groups excluding carboxylic acids is 2. The van der Waals surface area contributed by atoms with E-state index >= 15 is 0 Å². The number of hydrogen-bond donors (Lipinski definition) is 2. The molecule has 3 aromatic rings. The second kappa shape index (κ2) is 13.2. The molecule has 3 N–H and O–H groups in total. The molecule has 3 aromatic carbocycles. The maximum absolute atomic E-state index is 13.9. The second-order valence-electron chi connectivity index (χ2n) is 12.1. The summed E-state index contributed by atoms with van der Waals surface area (Å²) in [7, 11) is 4.34. The Morgan fingerprint density at radius 2 is 1.64 bits per heavy atom. The van der Waals surface area contributed by atoms with Crippen molar-refractivity contribution in [3.8, 4) is 5.75 Å². The molecule has 0 spiro atoms. The SMILES string of the molecule is C[N+](C)(CCCCN1CC2=C(C1=O)[C@@H](c1ccc(N)cc1)NC(=O)N2c1cccc(C(F)(F)F)c1)CCCOc1ccccc1. The van der Waals surface area contributed by atoms with Crippen LogP contribution in [0.25, 0.3) is 0 Å². The molecule has 0 bridgehead atoms. The number of anilines is 2. The summed E-state index contributed by atoms with van der Waals surface area (Å²) in [5.41, 5.74) is 6.98. The first-order chi connectivity index (χ1) is 21.4. The molecule has 0 fully saturated rings. The number of para-hydroxylation sites is 1. The van der Waals surface area contributed by atoms with E-state index in [1.54, 1.807) is 29.2 Å². The summed E-state index contributed by atoms with van der Waals surface area (Å²) in [5.74, 6) is 0.618. The van der Waals surface area contributed by atoms with Gasteiger partial charge in [-0.05, 0) is 60.9 Å². The zero-order chi connectivity index (χ0) is 32.2. The van der Waals surface area contributed by atoms with Crippen LogP contribution in [0.4, 0.5) is 29.3 Å². The van der Waals surface area contributed by atoms with Gasteiger partial charge in [0.15, 0.2) is 0 Å². The minimum atomic E-state index is -4.58. The number of rotatable bonds is 12. The highest BCUT2D eigenvalue weighted by atomic mass is 19.4. The number of nitrogens with zero attached hydrogens (tertiary/aromatic N) is 3. The third-order valence-electron chi connectivity index (χ3n) is 8.26. The third kappa shape index (κ3) is 7.59. The lowest BCUT2D eigenvalue weighted by Gasteiger charge is -2.34. The van der Waals surface area contributed by atoms with E-state index in [0.29, 0.717) is 35.7 Å². The molecule has 0 radical (unpaired) electrons. The number of halogens is 3. The highest BCUT2D eigenvalue weighted by molar-refractivity contribution is 6.07. The molecule has 238 valence electrons. The Hall–Kier alpha value is -4.51. The molecule has 45 heavy (non-hydrogen) atoms. The van der Waals surface area contributed by atoms with E-state index < -0.39 is 23.8 Å². The molecule has 5 rings (SSSR count). The molecule has 0 aromatic heterocycles. The van der Waals surface area contributed by atoms with Crippen LogP contribution >= 0.6 is 0 Å². The lowest BCUT2D eigenvalue weighted by Crippen LogP contribution is -2.47. The van der Waals surface area contributed by atoms with Crippen molar-refractivity contribution in [2.45, 2.75) is 31.5 Å². The van der Waals surface area contributed by atoms with E-state index in [0.717, 1.165) is 54.7 Å². The summed E-state index contributed by atoms with van der Waals surface area (Å²) >= 11 is 0. The first-order valence-corrected chi connectivity index (χ1v) is 15.1. The smallest absolute Gasteiger partial charge is 0.416 e. The molecule has 0 unspecified atom stereocenters. The summed E-state index contributed by atoms with van der Waals surface area (Å²) in [4.78, 5) is 30.2. The van der Waals surface area contributed by atoms with Crippen molar-refractivity contribution in [3.63, 3.8) is 0 Å². The van der Waals surface area contributed by atoms with Gasteiger partial charge in [-0.3, -0.25) is 9.69 Å². The quantitative estimate of drug-likeness (QED) is 0.148. The highest BCUT2D eigenvalue weighted by Gasteiger charge is 2.45. The molecule has 0 saturated heterocycles. The van der Waals surface area contributed by atoms with Gasteiger partial charge >= 0.3 is 12.2 Å². The number of alkyl halides is 3. The largest absolute Gasteiger partial charge is 0.493 e. The van der Waals surface area contributed by atoms with E-state index in [9.17, 15) is 22.8 Å². The van der Waals surface area contributed by atoms with Gasteiger partial charge in [-0.1, -0.05) is 36.4 Å². The number of urea groups is 1. The van der Waals surface area contributed by atoms with Crippen molar-refractivity contribution in [2.24, 2.45) is 0 Å². The molecule has 8 nitrogen and oxygen atoms in total. The van der Waals surface area contributed by atoms with Gasteiger partial charge in [-0.25, -0.2) is 4.79 Å². The molecule has 3 amide bonds. The van der Waals surface area contributed by atoms with Crippen molar-refractivity contribution in [1.29, 1.82) is 0 Å². The van der Waals surface area contributed by atoms with Crippen LogP contribution in [0.1, 0.15) is 36.4 Å². The van der Waals surface area contributed by atoms with Crippen molar-refractivity contribution < 1.29 is 32.0 Å².